The summed E-state index contributed by atoms with van der Waals surface area (Å²) in [4.78, 5) is 51.8. The monoisotopic (exact) mass is 399 g/mol. The second-order valence-electron chi connectivity index (χ2n) is 7.96. The van der Waals surface area contributed by atoms with Crippen LogP contribution in [-0.4, -0.2) is 83.8 Å². The molecule has 4 amide bonds. The maximum Gasteiger partial charge on any atom is 0.327 e. The Morgan fingerprint density at radius 3 is 2.59 bits per heavy atom. The molecule has 4 heterocycles. The molecule has 0 aromatic carbocycles. The van der Waals surface area contributed by atoms with Crippen LogP contribution in [0.5, 0.6) is 0 Å². The number of carbonyl (C=O) groups is 3. The molecule has 0 atom stereocenters. The highest BCUT2D eigenvalue weighted by Gasteiger charge is 2.57. The molecule has 2 saturated heterocycles. The van der Waals surface area contributed by atoms with E-state index in [-0.39, 0.29) is 29.6 Å². The number of nitrogens with zero attached hydrogens (tertiary/aromatic N) is 7. The molecule has 0 aliphatic carbocycles. The zero-order chi connectivity index (χ0) is 20.8. The summed E-state index contributed by atoms with van der Waals surface area (Å²) >= 11 is 0. The molecule has 1 spiro atoms. The predicted octanol–water partition coefficient (Wildman–Crippen LogP) is 1.04. The van der Waals surface area contributed by atoms with Gasteiger partial charge in [-0.2, -0.15) is 4.98 Å². The van der Waals surface area contributed by atoms with E-state index in [4.69, 9.17) is 0 Å². The largest absolute Gasteiger partial charge is 0.336 e. The van der Waals surface area contributed by atoms with Crippen LogP contribution < -0.4 is 0 Å². The van der Waals surface area contributed by atoms with Crippen LogP contribution in [0.4, 0.5) is 4.79 Å². The first kappa shape index (κ1) is 19.3. The molecular formula is C19H25N7O3. The minimum absolute atomic E-state index is 0.0858. The van der Waals surface area contributed by atoms with Crippen molar-refractivity contribution in [2.24, 2.45) is 5.92 Å². The second-order valence-corrected chi connectivity index (χ2v) is 7.96. The van der Waals surface area contributed by atoms with E-state index in [2.05, 4.69) is 15.1 Å². The van der Waals surface area contributed by atoms with E-state index >= 15 is 0 Å². The summed E-state index contributed by atoms with van der Waals surface area (Å²) in [6.07, 6.45) is 4.11. The molecule has 10 heteroatoms. The Kier molecular flexibility index (Phi) is 4.71. The third kappa shape index (κ3) is 3.02. The third-order valence-corrected chi connectivity index (χ3v) is 5.67. The van der Waals surface area contributed by atoms with E-state index in [0.717, 1.165) is 0 Å². The van der Waals surface area contributed by atoms with Crippen LogP contribution in [0.2, 0.25) is 0 Å². The van der Waals surface area contributed by atoms with Crippen molar-refractivity contribution in [3.8, 4) is 0 Å². The highest BCUT2D eigenvalue weighted by atomic mass is 16.2. The topological polar surface area (TPSA) is 104 Å². The van der Waals surface area contributed by atoms with Crippen molar-refractivity contribution in [1.29, 1.82) is 0 Å². The average molecular weight is 399 g/mol. The van der Waals surface area contributed by atoms with Gasteiger partial charge in [0.05, 0.1) is 0 Å². The van der Waals surface area contributed by atoms with Crippen molar-refractivity contribution in [2.45, 2.75) is 39.2 Å². The number of amides is 4. The standard InChI is InChI=1S/C19H25N7O3/c1-4-24-16(28)19(25(18(24)29)12-13(2)3)6-10-23(11-7-19)15(27)14-21-17-20-8-5-9-26(17)22-14/h5,8-9,13H,4,6-7,10-12H2,1-3H3. The summed E-state index contributed by atoms with van der Waals surface area (Å²) in [7, 11) is 0. The minimum atomic E-state index is -0.859. The van der Waals surface area contributed by atoms with E-state index < -0.39 is 5.54 Å². The highest BCUT2D eigenvalue weighted by molar-refractivity contribution is 6.07. The fourth-order valence-electron chi connectivity index (χ4n) is 4.21. The Bertz CT molecular complexity index is 929. The van der Waals surface area contributed by atoms with Crippen LogP contribution in [0.1, 0.15) is 44.2 Å². The minimum Gasteiger partial charge on any atom is -0.336 e. The molecule has 4 rings (SSSR count). The first-order valence-corrected chi connectivity index (χ1v) is 9.97. The first-order chi connectivity index (χ1) is 13.9. The quantitative estimate of drug-likeness (QED) is 0.712. The molecule has 0 bridgehead atoms. The van der Waals surface area contributed by atoms with Crippen molar-refractivity contribution in [3.05, 3.63) is 24.3 Å². The van der Waals surface area contributed by atoms with Crippen molar-refractivity contribution < 1.29 is 14.4 Å². The lowest BCUT2D eigenvalue weighted by Gasteiger charge is -2.42. The van der Waals surface area contributed by atoms with E-state index in [1.165, 1.54) is 9.42 Å². The molecule has 0 N–H and O–H groups in total. The van der Waals surface area contributed by atoms with Crippen LogP contribution in [-0.2, 0) is 4.79 Å². The van der Waals surface area contributed by atoms with Crippen LogP contribution in [0.15, 0.2) is 18.5 Å². The molecule has 0 radical (unpaired) electrons. The molecule has 154 valence electrons. The summed E-state index contributed by atoms with van der Waals surface area (Å²) in [5, 5.41) is 4.20. The number of rotatable bonds is 4. The normalized spacial score (nSPS) is 19.2. The molecule has 2 fully saturated rings. The Labute approximate surface area is 168 Å². The molecule has 10 nitrogen and oxygen atoms in total. The summed E-state index contributed by atoms with van der Waals surface area (Å²) in [5.41, 5.74) is -0.859. The number of likely N-dealkylation sites (N-methyl/N-ethyl adjacent to an activating group) is 1. The Morgan fingerprint density at radius 1 is 1.24 bits per heavy atom. The number of hydrogen-bond donors (Lipinski definition) is 0. The van der Waals surface area contributed by atoms with Gasteiger partial charge in [0.15, 0.2) is 0 Å². The molecular weight excluding hydrogens is 374 g/mol. The van der Waals surface area contributed by atoms with Gasteiger partial charge in [0.2, 0.25) is 5.82 Å². The van der Waals surface area contributed by atoms with Crippen LogP contribution >= 0.6 is 0 Å². The van der Waals surface area contributed by atoms with Gasteiger partial charge in [0.1, 0.15) is 5.54 Å². The molecule has 2 aliphatic rings. The van der Waals surface area contributed by atoms with Gasteiger partial charge in [-0.25, -0.2) is 14.3 Å². The first-order valence-electron chi connectivity index (χ1n) is 9.97. The summed E-state index contributed by atoms with van der Waals surface area (Å²) in [6.45, 7) is 7.48. The number of aromatic nitrogens is 4. The maximum atomic E-state index is 13.1. The molecule has 29 heavy (non-hydrogen) atoms. The summed E-state index contributed by atoms with van der Waals surface area (Å²) in [5.74, 6) is 0.262. The lowest BCUT2D eigenvalue weighted by Crippen LogP contribution is -2.58. The fourth-order valence-corrected chi connectivity index (χ4v) is 4.21. The summed E-state index contributed by atoms with van der Waals surface area (Å²) in [6, 6.07) is 1.49. The van der Waals surface area contributed by atoms with E-state index in [9.17, 15) is 14.4 Å². The fraction of sp³-hybridized carbons (Fsp3) is 0.579. The van der Waals surface area contributed by atoms with Gasteiger partial charge in [-0.3, -0.25) is 14.5 Å². The lowest BCUT2D eigenvalue weighted by molar-refractivity contribution is -0.135. The maximum absolute atomic E-state index is 13.1. The van der Waals surface area contributed by atoms with Gasteiger partial charge in [-0.15, -0.1) is 5.10 Å². The number of imide groups is 1. The van der Waals surface area contributed by atoms with E-state index in [1.807, 2.05) is 20.8 Å². The third-order valence-electron chi connectivity index (χ3n) is 5.67. The van der Waals surface area contributed by atoms with Crippen LogP contribution in [0.3, 0.4) is 0 Å². The highest BCUT2D eigenvalue weighted by Crippen LogP contribution is 2.38. The predicted molar refractivity (Wildman–Crippen MR) is 103 cm³/mol. The molecule has 0 unspecified atom stereocenters. The van der Waals surface area contributed by atoms with Crippen LogP contribution in [0, 0.1) is 5.92 Å². The molecule has 2 aromatic heterocycles. The van der Waals surface area contributed by atoms with Gasteiger partial charge in [-0.05, 0) is 31.7 Å². The van der Waals surface area contributed by atoms with Gasteiger partial charge in [0.25, 0.3) is 17.6 Å². The van der Waals surface area contributed by atoms with Crippen molar-refractivity contribution >= 4 is 23.6 Å². The number of urea groups is 1. The van der Waals surface area contributed by atoms with E-state index in [0.29, 0.717) is 44.8 Å². The Morgan fingerprint density at radius 2 is 1.97 bits per heavy atom. The number of likely N-dealkylation sites (tertiary alicyclic amines) is 1. The molecule has 0 saturated carbocycles. The number of fused-ring (bicyclic) bond motifs is 1. The molecule has 2 aromatic rings. The van der Waals surface area contributed by atoms with Gasteiger partial charge in [-0.1, -0.05) is 13.8 Å². The SMILES string of the molecule is CCN1C(=O)N(CC(C)C)C2(CCN(C(=O)c3nc4ncccn4n3)CC2)C1=O. The second kappa shape index (κ2) is 7.09. The van der Waals surface area contributed by atoms with Gasteiger partial charge < -0.3 is 9.80 Å². The lowest BCUT2D eigenvalue weighted by atomic mass is 9.85. The van der Waals surface area contributed by atoms with E-state index in [1.54, 1.807) is 28.3 Å². The van der Waals surface area contributed by atoms with Crippen LogP contribution in [0.25, 0.3) is 5.78 Å². The molecule has 2 aliphatic heterocycles. The van der Waals surface area contributed by atoms with Crippen molar-refractivity contribution in [2.75, 3.05) is 26.2 Å². The Balaban J connectivity index is 1.54. The van der Waals surface area contributed by atoms with Gasteiger partial charge in [0, 0.05) is 38.6 Å². The Hall–Kier alpha value is -3.04. The smallest absolute Gasteiger partial charge is 0.327 e. The average Bonchev–Trinajstić information content (AvgIpc) is 3.22. The summed E-state index contributed by atoms with van der Waals surface area (Å²) < 4.78 is 1.46. The zero-order valence-electron chi connectivity index (χ0n) is 16.9. The number of carbonyl (C=O) groups excluding carboxylic acids is 3. The number of hydrogen-bond acceptors (Lipinski definition) is 6. The number of piperidine rings is 1. The van der Waals surface area contributed by atoms with Crippen molar-refractivity contribution in [1.82, 2.24) is 34.3 Å². The zero-order valence-corrected chi connectivity index (χ0v) is 16.9. The van der Waals surface area contributed by atoms with Gasteiger partial charge >= 0.3 is 6.03 Å². The van der Waals surface area contributed by atoms with Crippen molar-refractivity contribution in [3.63, 3.8) is 0 Å².